The molecule has 0 aliphatic carbocycles. The molecule has 0 atom stereocenters. The number of fused-ring (bicyclic) bond motifs is 3. The number of esters is 1. The zero-order chi connectivity index (χ0) is 20.5. The third-order valence-electron chi connectivity index (χ3n) is 4.39. The van der Waals surface area contributed by atoms with E-state index in [0.29, 0.717) is 31.8 Å². The van der Waals surface area contributed by atoms with E-state index in [2.05, 4.69) is 5.32 Å². The van der Waals surface area contributed by atoms with E-state index in [0.717, 1.165) is 10.9 Å². The lowest BCUT2D eigenvalue weighted by Crippen LogP contribution is -2.11. The molecule has 0 radical (unpaired) electrons. The fourth-order valence-electron chi connectivity index (χ4n) is 3.05. The normalized spacial score (nSPS) is 11.0. The smallest absolute Gasteiger partial charge is 0.345 e. The molecule has 0 fully saturated rings. The number of hydrogen-bond donors (Lipinski definition) is 1. The van der Waals surface area contributed by atoms with Crippen LogP contribution >= 0.6 is 11.3 Å². The molecule has 0 aliphatic rings. The van der Waals surface area contributed by atoms with Crippen LogP contribution in [0.2, 0.25) is 0 Å². The van der Waals surface area contributed by atoms with Gasteiger partial charge < -0.3 is 14.5 Å². The number of carbonyl (C=O) groups is 2. The van der Waals surface area contributed by atoms with Crippen LogP contribution in [-0.4, -0.2) is 18.5 Å². The van der Waals surface area contributed by atoms with Crippen molar-refractivity contribution in [2.24, 2.45) is 0 Å². The predicted octanol–water partition coefficient (Wildman–Crippen LogP) is 4.75. The Kier molecular flexibility index (Phi) is 4.90. The number of aryl methyl sites for hydroxylation is 1. The summed E-state index contributed by atoms with van der Waals surface area (Å²) >= 11 is 1.23. The molecule has 29 heavy (non-hydrogen) atoms. The number of amides is 1. The quantitative estimate of drug-likeness (QED) is 0.390. The zero-order valence-corrected chi connectivity index (χ0v) is 16.6. The highest BCUT2D eigenvalue weighted by Crippen LogP contribution is 2.31. The largest absolute Gasteiger partial charge is 0.462 e. The van der Waals surface area contributed by atoms with Crippen LogP contribution in [0.3, 0.4) is 0 Å². The minimum Gasteiger partial charge on any atom is -0.462 e. The van der Waals surface area contributed by atoms with Gasteiger partial charge in [-0.15, -0.1) is 11.3 Å². The number of carbonyl (C=O) groups excluding carboxylic acids is 2. The predicted molar refractivity (Wildman–Crippen MR) is 113 cm³/mol. The van der Waals surface area contributed by atoms with Gasteiger partial charge in [-0.25, -0.2) is 9.59 Å². The topological polar surface area (TPSA) is 85.6 Å². The Bertz CT molecular complexity index is 1320. The van der Waals surface area contributed by atoms with Crippen molar-refractivity contribution in [3.8, 4) is 0 Å². The Balaban J connectivity index is 1.69. The summed E-state index contributed by atoms with van der Waals surface area (Å²) in [7, 11) is 0. The van der Waals surface area contributed by atoms with Crippen molar-refractivity contribution < 1.29 is 18.7 Å². The average Bonchev–Trinajstić information content (AvgIpc) is 3.16. The van der Waals surface area contributed by atoms with E-state index in [1.807, 2.05) is 19.1 Å². The molecular weight excluding hydrogens is 390 g/mol. The first-order valence-corrected chi connectivity index (χ1v) is 9.83. The molecule has 146 valence electrons. The van der Waals surface area contributed by atoms with E-state index in [1.165, 1.54) is 17.4 Å². The van der Waals surface area contributed by atoms with E-state index in [-0.39, 0.29) is 12.5 Å². The molecule has 0 spiro atoms. The minimum atomic E-state index is -0.476. The summed E-state index contributed by atoms with van der Waals surface area (Å²) in [5.74, 6) is -0.822. The van der Waals surface area contributed by atoms with Crippen LogP contribution in [0.4, 0.5) is 5.69 Å². The Morgan fingerprint density at radius 2 is 1.93 bits per heavy atom. The van der Waals surface area contributed by atoms with Gasteiger partial charge in [0.05, 0.1) is 27.1 Å². The van der Waals surface area contributed by atoms with Gasteiger partial charge in [-0.1, -0.05) is 17.7 Å². The lowest BCUT2D eigenvalue weighted by Gasteiger charge is -2.06. The van der Waals surface area contributed by atoms with Crippen molar-refractivity contribution in [1.29, 1.82) is 0 Å². The summed E-state index contributed by atoms with van der Waals surface area (Å²) < 4.78 is 11.1. The Labute approximate surface area is 169 Å². The third kappa shape index (κ3) is 3.64. The van der Waals surface area contributed by atoms with Crippen molar-refractivity contribution in [2.45, 2.75) is 13.8 Å². The molecule has 6 nitrogen and oxygen atoms in total. The molecule has 2 aromatic carbocycles. The van der Waals surface area contributed by atoms with Gasteiger partial charge in [0.15, 0.2) is 0 Å². The second-order valence-corrected chi connectivity index (χ2v) is 7.55. The van der Waals surface area contributed by atoms with Gasteiger partial charge in [0.25, 0.3) is 5.91 Å². The maximum atomic E-state index is 12.8. The van der Waals surface area contributed by atoms with Crippen LogP contribution in [0.25, 0.3) is 21.1 Å². The summed E-state index contributed by atoms with van der Waals surface area (Å²) in [6.45, 7) is 3.95. The van der Waals surface area contributed by atoms with Crippen LogP contribution in [0.5, 0.6) is 0 Å². The lowest BCUT2D eigenvalue weighted by molar-refractivity contribution is 0.0526. The summed E-state index contributed by atoms with van der Waals surface area (Å²) in [5, 5.41) is 3.94. The summed E-state index contributed by atoms with van der Waals surface area (Å²) in [6, 6.07) is 13.6. The maximum absolute atomic E-state index is 12.8. The maximum Gasteiger partial charge on any atom is 0.345 e. The summed E-state index contributed by atoms with van der Waals surface area (Å²) in [5.41, 5.74) is 1.86. The van der Waals surface area contributed by atoms with Crippen LogP contribution < -0.4 is 10.9 Å². The molecule has 0 aliphatic heterocycles. The van der Waals surface area contributed by atoms with Crippen molar-refractivity contribution >= 4 is 50.0 Å². The third-order valence-corrected chi connectivity index (χ3v) is 5.56. The number of hydrogen-bond acceptors (Lipinski definition) is 6. The van der Waals surface area contributed by atoms with Gasteiger partial charge in [-0.05, 0) is 50.2 Å². The number of anilines is 1. The van der Waals surface area contributed by atoms with E-state index >= 15 is 0 Å². The van der Waals surface area contributed by atoms with E-state index in [9.17, 15) is 14.4 Å². The average molecular weight is 407 g/mol. The molecule has 0 saturated carbocycles. The number of rotatable bonds is 4. The van der Waals surface area contributed by atoms with Crippen molar-refractivity contribution in [2.75, 3.05) is 11.9 Å². The highest BCUT2D eigenvalue weighted by Gasteiger charge is 2.17. The van der Waals surface area contributed by atoms with Crippen molar-refractivity contribution in [3.63, 3.8) is 0 Å². The van der Waals surface area contributed by atoms with Gasteiger partial charge in [-0.2, -0.15) is 0 Å². The van der Waals surface area contributed by atoms with Gasteiger partial charge in [0.1, 0.15) is 5.58 Å². The molecule has 2 heterocycles. The molecule has 4 rings (SSSR count). The summed E-state index contributed by atoms with van der Waals surface area (Å²) in [4.78, 5) is 37.3. The zero-order valence-electron chi connectivity index (χ0n) is 15.8. The molecule has 0 unspecified atom stereocenters. The SMILES string of the molecule is CCOC(=O)c1cccc(NC(=O)c2cc3c(=O)oc4ccc(C)cc4c3s2)c1. The van der Waals surface area contributed by atoms with Crippen LogP contribution in [0, 0.1) is 6.92 Å². The van der Waals surface area contributed by atoms with E-state index in [1.54, 1.807) is 37.3 Å². The first kappa shape index (κ1) is 18.9. The molecule has 1 N–H and O–H groups in total. The van der Waals surface area contributed by atoms with Gasteiger partial charge >= 0.3 is 11.6 Å². The van der Waals surface area contributed by atoms with Crippen LogP contribution in [0.15, 0.2) is 57.7 Å². The second kappa shape index (κ2) is 7.52. The van der Waals surface area contributed by atoms with Crippen LogP contribution in [0.1, 0.15) is 32.5 Å². The molecule has 0 saturated heterocycles. The number of nitrogens with one attached hydrogen (secondary N) is 1. The van der Waals surface area contributed by atoms with Gasteiger partial charge in [-0.3, -0.25) is 4.79 Å². The number of thiophene rings is 1. The summed E-state index contributed by atoms with van der Waals surface area (Å²) in [6.07, 6.45) is 0. The Morgan fingerprint density at radius 3 is 2.72 bits per heavy atom. The number of ether oxygens (including phenoxy) is 1. The second-order valence-electron chi connectivity index (χ2n) is 6.50. The fraction of sp³-hybridized carbons (Fsp3) is 0.136. The Morgan fingerprint density at radius 1 is 1.10 bits per heavy atom. The fourth-order valence-corrected chi connectivity index (χ4v) is 4.11. The monoisotopic (exact) mass is 407 g/mol. The molecule has 7 heteroatoms. The minimum absolute atomic E-state index is 0.271. The first-order chi connectivity index (χ1) is 14.0. The van der Waals surface area contributed by atoms with Crippen LogP contribution in [-0.2, 0) is 4.74 Å². The molecular formula is C22H17NO5S. The van der Waals surface area contributed by atoms with E-state index in [4.69, 9.17) is 9.15 Å². The molecule has 1 amide bonds. The van der Waals surface area contributed by atoms with Crippen molar-refractivity contribution in [1.82, 2.24) is 0 Å². The van der Waals surface area contributed by atoms with Gasteiger partial charge in [0, 0.05) is 11.1 Å². The molecule has 0 bridgehead atoms. The Hall–Kier alpha value is -3.45. The molecule has 2 aromatic heterocycles. The van der Waals surface area contributed by atoms with Crippen molar-refractivity contribution in [3.05, 3.63) is 75.0 Å². The van der Waals surface area contributed by atoms with Gasteiger partial charge in [0.2, 0.25) is 0 Å². The highest BCUT2D eigenvalue weighted by atomic mass is 32.1. The molecule has 4 aromatic rings. The lowest BCUT2D eigenvalue weighted by atomic mass is 10.1. The van der Waals surface area contributed by atoms with E-state index < -0.39 is 11.6 Å². The highest BCUT2D eigenvalue weighted by molar-refractivity contribution is 7.21. The standard InChI is InChI=1S/C22H17NO5S/c1-3-27-21(25)13-5-4-6-14(10-13)23-20(24)18-11-16-19(29-18)15-9-12(2)7-8-17(15)28-22(16)26/h4-11H,3H2,1-2H3,(H,23,24). The first-order valence-electron chi connectivity index (χ1n) is 9.02. The number of benzene rings is 2.